The molecule has 1 aliphatic heterocycles. The largest absolute Gasteiger partial charge is 0.469 e. The molecule has 1 aliphatic rings. The number of ether oxygens (including phenoxy) is 1. The van der Waals surface area contributed by atoms with Crippen molar-refractivity contribution in [2.24, 2.45) is 0 Å². The lowest BCUT2D eigenvalue weighted by molar-refractivity contribution is -0.140. The van der Waals surface area contributed by atoms with Crippen LogP contribution in [0.25, 0.3) is 0 Å². The van der Waals surface area contributed by atoms with E-state index in [9.17, 15) is 18.4 Å². The highest BCUT2D eigenvalue weighted by Gasteiger charge is 2.42. The lowest BCUT2D eigenvalue weighted by Crippen LogP contribution is -2.35. The third-order valence-corrected chi connectivity index (χ3v) is 3.49. The summed E-state index contributed by atoms with van der Waals surface area (Å²) in [5.41, 5.74) is 1.46. The summed E-state index contributed by atoms with van der Waals surface area (Å²) in [6.07, 6.45) is 0.330. The quantitative estimate of drug-likeness (QED) is 0.813. The number of anilines is 1. The first-order valence-electron chi connectivity index (χ1n) is 6.97. The summed E-state index contributed by atoms with van der Waals surface area (Å²) >= 11 is 0. The van der Waals surface area contributed by atoms with E-state index in [0.717, 1.165) is 5.56 Å². The Morgan fingerprint density at radius 3 is 2.59 bits per heavy atom. The van der Waals surface area contributed by atoms with Gasteiger partial charge in [0.15, 0.2) is 0 Å². The molecule has 7 heteroatoms. The van der Waals surface area contributed by atoms with Crippen molar-refractivity contribution in [3.05, 3.63) is 29.8 Å². The van der Waals surface area contributed by atoms with Gasteiger partial charge in [0, 0.05) is 18.5 Å². The number of alkyl halides is 2. The van der Waals surface area contributed by atoms with E-state index in [4.69, 9.17) is 0 Å². The predicted octanol–water partition coefficient (Wildman–Crippen LogP) is 1.73. The van der Waals surface area contributed by atoms with Gasteiger partial charge >= 0.3 is 5.97 Å². The number of amides is 1. The van der Waals surface area contributed by atoms with Gasteiger partial charge < -0.3 is 10.1 Å². The van der Waals surface area contributed by atoms with Crippen LogP contribution in [0.1, 0.15) is 18.4 Å². The number of benzene rings is 1. The molecule has 1 aromatic rings. The molecular formula is C15H18F2N2O3. The molecule has 2 rings (SSSR count). The SMILES string of the molecule is COC(=O)CCc1ccc(NC(=O)C2CC(F)(F)CN2)cc1. The molecule has 0 aromatic heterocycles. The van der Waals surface area contributed by atoms with Gasteiger partial charge in [-0.05, 0) is 24.1 Å². The average Bonchev–Trinajstić information content (AvgIpc) is 2.86. The van der Waals surface area contributed by atoms with Crippen molar-refractivity contribution in [1.82, 2.24) is 5.32 Å². The summed E-state index contributed by atoms with van der Waals surface area (Å²) in [7, 11) is 1.33. The van der Waals surface area contributed by atoms with Crippen molar-refractivity contribution in [2.75, 3.05) is 19.0 Å². The molecule has 0 aliphatic carbocycles. The average molecular weight is 312 g/mol. The smallest absolute Gasteiger partial charge is 0.305 e. The maximum absolute atomic E-state index is 13.0. The molecule has 0 radical (unpaired) electrons. The van der Waals surface area contributed by atoms with E-state index in [-0.39, 0.29) is 12.4 Å². The number of halogens is 2. The summed E-state index contributed by atoms with van der Waals surface area (Å²) in [5, 5.41) is 5.10. The molecule has 2 N–H and O–H groups in total. The second-order valence-electron chi connectivity index (χ2n) is 5.26. The van der Waals surface area contributed by atoms with Crippen LogP contribution in [0.2, 0.25) is 0 Å². The molecule has 22 heavy (non-hydrogen) atoms. The van der Waals surface area contributed by atoms with Crippen LogP contribution in [-0.4, -0.2) is 37.5 Å². The molecule has 1 atom stereocenters. The minimum Gasteiger partial charge on any atom is -0.469 e. The van der Waals surface area contributed by atoms with Gasteiger partial charge in [0.2, 0.25) is 5.91 Å². The fourth-order valence-corrected chi connectivity index (χ4v) is 2.23. The Balaban J connectivity index is 1.86. The minimum atomic E-state index is -2.83. The predicted molar refractivity (Wildman–Crippen MR) is 76.8 cm³/mol. The first-order valence-corrected chi connectivity index (χ1v) is 6.97. The summed E-state index contributed by atoms with van der Waals surface area (Å²) in [6.45, 7) is -0.475. The molecule has 1 fully saturated rings. The normalized spacial score (nSPS) is 19.7. The highest BCUT2D eigenvalue weighted by Crippen LogP contribution is 2.25. The first-order chi connectivity index (χ1) is 10.4. The number of nitrogens with one attached hydrogen (secondary N) is 2. The van der Waals surface area contributed by atoms with Crippen LogP contribution >= 0.6 is 0 Å². The molecule has 120 valence electrons. The van der Waals surface area contributed by atoms with Crippen LogP contribution in [0.15, 0.2) is 24.3 Å². The third kappa shape index (κ3) is 4.49. The maximum Gasteiger partial charge on any atom is 0.305 e. The molecule has 5 nitrogen and oxygen atoms in total. The second-order valence-corrected chi connectivity index (χ2v) is 5.26. The van der Waals surface area contributed by atoms with E-state index in [2.05, 4.69) is 15.4 Å². The molecule has 1 heterocycles. The summed E-state index contributed by atoms with van der Waals surface area (Å²) in [5.74, 6) is -3.59. The van der Waals surface area contributed by atoms with Crippen LogP contribution in [0, 0.1) is 0 Å². The minimum absolute atomic E-state index is 0.281. The van der Waals surface area contributed by atoms with Crippen molar-refractivity contribution in [2.45, 2.75) is 31.2 Å². The fourth-order valence-electron chi connectivity index (χ4n) is 2.23. The first kappa shape index (κ1) is 16.4. The molecule has 1 aromatic carbocycles. The highest BCUT2D eigenvalue weighted by molar-refractivity contribution is 5.95. The molecule has 1 saturated heterocycles. The van der Waals surface area contributed by atoms with Crippen LogP contribution < -0.4 is 10.6 Å². The van der Waals surface area contributed by atoms with Gasteiger partial charge in [-0.3, -0.25) is 14.9 Å². The molecular weight excluding hydrogens is 294 g/mol. The number of hydrogen-bond donors (Lipinski definition) is 2. The Morgan fingerprint density at radius 1 is 1.36 bits per heavy atom. The van der Waals surface area contributed by atoms with E-state index in [1.165, 1.54) is 7.11 Å². The monoisotopic (exact) mass is 312 g/mol. The van der Waals surface area contributed by atoms with Gasteiger partial charge in [-0.2, -0.15) is 0 Å². The summed E-state index contributed by atoms with van der Waals surface area (Å²) in [6, 6.07) is 6.02. The summed E-state index contributed by atoms with van der Waals surface area (Å²) < 4.78 is 30.6. The Bertz CT molecular complexity index is 546. The number of rotatable bonds is 5. The molecule has 0 bridgehead atoms. The standard InChI is InChI=1S/C15H18F2N2O3/c1-22-13(20)7-4-10-2-5-11(6-3-10)19-14(21)12-8-15(16,17)9-18-12/h2-3,5-6,12,18H,4,7-9H2,1H3,(H,19,21). The van der Waals surface area contributed by atoms with Gasteiger partial charge in [0.1, 0.15) is 0 Å². The van der Waals surface area contributed by atoms with E-state index < -0.39 is 30.8 Å². The zero-order valence-electron chi connectivity index (χ0n) is 12.2. The summed E-state index contributed by atoms with van der Waals surface area (Å²) in [4.78, 5) is 22.9. The van der Waals surface area contributed by atoms with E-state index in [1.807, 2.05) is 0 Å². The van der Waals surface area contributed by atoms with E-state index in [0.29, 0.717) is 12.1 Å². The molecule has 0 saturated carbocycles. The van der Waals surface area contributed by atoms with E-state index >= 15 is 0 Å². The Morgan fingerprint density at radius 2 is 2.05 bits per heavy atom. The number of methoxy groups -OCH3 is 1. The number of carbonyl (C=O) groups is 2. The number of hydrogen-bond acceptors (Lipinski definition) is 4. The molecule has 1 amide bonds. The fraction of sp³-hybridized carbons (Fsp3) is 0.467. The van der Waals surface area contributed by atoms with Gasteiger partial charge in [0.05, 0.1) is 19.7 Å². The zero-order chi connectivity index (χ0) is 16.2. The van der Waals surface area contributed by atoms with Gasteiger partial charge in [0.25, 0.3) is 5.92 Å². The van der Waals surface area contributed by atoms with Gasteiger partial charge in [-0.25, -0.2) is 8.78 Å². The molecule has 1 unspecified atom stereocenters. The number of carbonyl (C=O) groups excluding carboxylic acids is 2. The van der Waals surface area contributed by atoms with Crippen molar-refractivity contribution in [3.8, 4) is 0 Å². The van der Waals surface area contributed by atoms with Gasteiger partial charge in [-0.15, -0.1) is 0 Å². The second kappa shape index (κ2) is 6.83. The van der Waals surface area contributed by atoms with Crippen molar-refractivity contribution in [3.63, 3.8) is 0 Å². The Hall–Kier alpha value is -2.02. The molecule has 0 spiro atoms. The van der Waals surface area contributed by atoms with Crippen molar-refractivity contribution >= 4 is 17.6 Å². The van der Waals surface area contributed by atoms with E-state index in [1.54, 1.807) is 24.3 Å². The third-order valence-electron chi connectivity index (χ3n) is 3.49. The van der Waals surface area contributed by atoms with Crippen molar-refractivity contribution < 1.29 is 23.1 Å². The van der Waals surface area contributed by atoms with Crippen LogP contribution in [0.3, 0.4) is 0 Å². The maximum atomic E-state index is 13.0. The van der Waals surface area contributed by atoms with Crippen LogP contribution in [0.4, 0.5) is 14.5 Å². The lowest BCUT2D eigenvalue weighted by atomic mass is 10.1. The Kier molecular flexibility index (Phi) is 5.07. The van der Waals surface area contributed by atoms with Crippen molar-refractivity contribution in [1.29, 1.82) is 0 Å². The van der Waals surface area contributed by atoms with Gasteiger partial charge in [-0.1, -0.05) is 12.1 Å². The highest BCUT2D eigenvalue weighted by atomic mass is 19.3. The Labute approximate surface area is 127 Å². The van der Waals surface area contributed by atoms with Crippen LogP contribution in [-0.2, 0) is 20.7 Å². The lowest BCUT2D eigenvalue weighted by Gasteiger charge is -2.11. The number of esters is 1. The zero-order valence-corrected chi connectivity index (χ0v) is 12.2. The number of aryl methyl sites for hydroxylation is 1. The topological polar surface area (TPSA) is 67.4 Å². The van der Waals surface area contributed by atoms with Crippen LogP contribution in [0.5, 0.6) is 0 Å².